The molecule has 2 aromatic rings. The van der Waals surface area contributed by atoms with Crippen molar-refractivity contribution in [2.45, 2.75) is 51.6 Å². The SMILES string of the molecule is CC(C)(CCC(C)(C)n1cncn1)n1cccn1. The van der Waals surface area contributed by atoms with E-state index in [1.807, 2.05) is 27.8 Å². The van der Waals surface area contributed by atoms with Gasteiger partial charge in [0.05, 0.1) is 11.1 Å². The minimum Gasteiger partial charge on any atom is -0.267 e. The summed E-state index contributed by atoms with van der Waals surface area (Å²) in [5, 5.41) is 8.57. The number of aromatic nitrogens is 5. The Bertz CT molecular complexity index is 421. The average Bonchev–Trinajstić information content (AvgIpc) is 2.99. The molecule has 0 aromatic carbocycles. The summed E-state index contributed by atoms with van der Waals surface area (Å²) in [5.74, 6) is 0. The van der Waals surface area contributed by atoms with Crippen LogP contribution in [-0.4, -0.2) is 24.5 Å². The molecule has 0 N–H and O–H groups in total. The zero-order valence-electron chi connectivity index (χ0n) is 11.5. The molecule has 0 spiro atoms. The zero-order chi connectivity index (χ0) is 13.2. The van der Waals surface area contributed by atoms with Gasteiger partial charge in [0.15, 0.2) is 0 Å². The first kappa shape index (κ1) is 12.8. The van der Waals surface area contributed by atoms with Gasteiger partial charge in [-0.15, -0.1) is 0 Å². The number of hydrogen-bond acceptors (Lipinski definition) is 3. The Morgan fingerprint density at radius 1 is 0.944 bits per heavy atom. The van der Waals surface area contributed by atoms with Gasteiger partial charge in [-0.1, -0.05) is 0 Å². The van der Waals surface area contributed by atoms with Crippen LogP contribution in [0.1, 0.15) is 40.5 Å². The van der Waals surface area contributed by atoms with Crippen LogP contribution < -0.4 is 0 Å². The highest BCUT2D eigenvalue weighted by Crippen LogP contribution is 2.28. The molecule has 0 aliphatic carbocycles. The molecule has 0 fully saturated rings. The Morgan fingerprint density at radius 3 is 2.11 bits per heavy atom. The Kier molecular flexibility index (Phi) is 3.24. The summed E-state index contributed by atoms with van der Waals surface area (Å²) in [4.78, 5) is 4.02. The van der Waals surface area contributed by atoms with Crippen LogP contribution in [-0.2, 0) is 11.1 Å². The lowest BCUT2D eigenvalue weighted by atomic mass is 9.89. The first-order valence-corrected chi connectivity index (χ1v) is 6.27. The number of rotatable bonds is 5. The van der Waals surface area contributed by atoms with Crippen LogP contribution in [0.2, 0.25) is 0 Å². The molecule has 0 aliphatic rings. The van der Waals surface area contributed by atoms with Gasteiger partial charge in [0, 0.05) is 12.4 Å². The van der Waals surface area contributed by atoms with Crippen LogP contribution in [0.15, 0.2) is 31.1 Å². The van der Waals surface area contributed by atoms with Gasteiger partial charge in [-0.25, -0.2) is 9.67 Å². The van der Waals surface area contributed by atoms with Gasteiger partial charge in [-0.05, 0) is 46.6 Å². The van der Waals surface area contributed by atoms with Crippen molar-refractivity contribution in [2.75, 3.05) is 0 Å². The molecule has 5 nitrogen and oxygen atoms in total. The van der Waals surface area contributed by atoms with Gasteiger partial charge < -0.3 is 0 Å². The molecule has 98 valence electrons. The number of hydrogen-bond donors (Lipinski definition) is 0. The van der Waals surface area contributed by atoms with E-state index in [1.165, 1.54) is 0 Å². The van der Waals surface area contributed by atoms with E-state index in [1.54, 1.807) is 12.7 Å². The molecule has 2 rings (SSSR count). The predicted molar refractivity (Wildman–Crippen MR) is 70.1 cm³/mol. The maximum absolute atomic E-state index is 4.33. The second kappa shape index (κ2) is 4.55. The molecule has 2 aromatic heterocycles. The summed E-state index contributed by atoms with van der Waals surface area (Å²) in [6, 6.07) is 1.96. The highest BCUT2D eigenvalue weighted by molar-refractivity contribution is 4.88. The van der Waals surface area contributed by atoms with Gasteiger partial charge >= 0.3 is 0 Å². The topological polar surface area (TPSA) is 48.5 Å². The standard InChI is InChI=1S/C13H21N5/c1-12(2,17-9-5-8-15-17)6-7-13(3,4)18-11-14-10-16-18/h5,8-11H,6-7H2,1-4H3. The molecule has 0 saturated carbocycles. The van der Waals surface area contributed by atoms with Gasteiger partial charge in [0.25, 0.3) is 0 Å². The third kappa shape index (κ3) is 2.60. The van der Waals surface area contributed by atoms with Crippen molar-refractivity contribution in [1.82, 2.24) is 24.5 Å². The molecular formula is C13H21N5. The molecule has 0 aliphatic heterocycles. The summed E-state index contributed by atoms with van der Waals surface area (Å²) >= 11 is 0. The lowest BCUT2D eigenvalue weighted by molar-refractivity contribution is 0.213. The van der Waals surface area contributed by atoms with E-state index in [0.29, 0.717) is 0 Å². The Hall–Kier alpha value is -1.65. The highest BCUT2D eigenvalue weighted by atomic mass is 15.3. The smallest absolute Gasteiger partial charge is 0.137 e. The second-order valence-electron chi connectivity index (χ2n) is 5.92. The maximum atomic E-state index is 4.33. The summed E-state index contributed by atoms with van der Waals surface area (Å²) in [6.45, 7) is 8.77. The molecule has 0 unspecified atom stereocenters. The fraction of sp³-hybridized carbons (Fsp3) is 0.615. The van der Waals surface area contributed by atoms with Crippen LogP contribution >= 0.6 is 0 Å². The van der Waals surface area contributed by atoms with Crippen LogP contribution in [0, 0.1) is 0 Å². The molecule has 0 saturated heterocycles. The van der Waals surface area contributed by atoms with Gasteiger partial charge in [0.1, 0.15) is 12.7 Å². The summed E-state index contributed by atoms with van der Waals surface area (Å²) < 4.78 is 3.94. The van der Waals surface area contributed by atoms with E-state index in [0.717, 1.165) is 12.8 Å². The molecular weight excluding hydrogens is 226 g/mol. The molecule has 0 atom stereocenters. The highest BCUT2D eigenvalue weighted by Gasteiger charge is 2.27. The first-order valence-electron chi connectivity index (χ1n) is 6.27. The van der Waals surface area contributed by atoms with E-state index in [2.05, 4.69) is 42.9 Å². The van der Waals surface area contributed by atoms with E-state index < -0.39 is 0 Å². The zero-order valence-corrected chi connectivity index (χ0v) is 11.5. The van der Waals surface area contributed by atoms with E-state index in [4.69, 9.17) is 0 Å². The minimum atomic E-state index is -0.0269. The number of nitrogens with zero attached hydrogens (tertiary/aromatic N) is 5. The molecule has 18 heavy (non-hydrogen) atoms. The maximum Gasteiger partial charge on any atom is 0.137 e. The van der Waals surface area contributed by atoms with E-state index >= 15 is 0 Å². The van der Waals surface area contributed by atoms with Crippen molar-refractivity contribution in [1.29, 1.82) is 0 Å². The van der Waals surface area contributed by atoms with Crippen molar-refractivity contribution < 1.29 is 0 Å². The Morgan fingerprint density at radius 2 is 1.61 bits per heavy atom. The third-order valence-electron chi connectivity index (χ3n) is 3.51. The molecule has 0 radical (unpaired) electrons. The van der Waals surface area contributed by atoms with Crippen LogP contribution in [0.25, 0.3) is 0 Å². The fourth-order valence-electron chi connectivity index (χ4n) is 1.99. The van der Waals surface area contributed by atoms with Crippen molar-refractivity contribution >= 4 is 0 Å². The van der Waals surface area contributed by atoms with Crippen LogP contribution in [0.5, 0.6) is 0 Å². The van der Waals surface area contributed by atoms with Crippen molar-refractivity contribution in [3.8, 4) is 0 Å². The van der Waals surface area contributed by atoms with Crippen LogP contribution in [0.3, 0.4) is 0 Å². The first-order chi connectivity index (χ1) is 8.42. The van der Waals surface area contributed by atoms with Crippen LogP contribution in [0.4, 0.5) is 0 Å². The Labute approximate surface area is 108 Å². The molecule has 0 bridgehead atoms. The molecule has 2 heterocycles. The normalized spacial score (nSPS) is 12.9. The van der Waals surface area contributed by atoms with Crippen molar-refractivity contribution in [3.05, 3.63) is 31.1 Å². The van der Waals surface area contributed by atoms with Crippen molar-refractivity contribution in [2.24, 2.45) is 0 Å². The van der Waals surface area contributed by atoms with Gasteiger partial charge in [0.2, 0.25) is 0 Å². The van der Waals surface area contributed by atoms with E-state index in [-0.39, 0.29) is 11.1 Å². The second-order valence-corrected chi connectivity index (χ2v) is 5.92. The fourth-order valence-corrected chi connectivity index (χ4v) is 1.99. The summed E-state index contributed by atoms with van der Waals surface area (Å²) in [6.07, 6.45) is 9.25. The largest absolute Gasteiger partial charge is 0.267 e. The molecule has 5 heteroatoms. The lowest BCUT2D eigenvalue weighted by Gasteiger charge is -2.31. The lowest BCUT2D eigenvalue weighted by Crippen LogP contribution is -2.33. The third-order valence-corrected chi connectivity index (χ3v) is 3.51. The average molecular weight is 247 g/mol. The summed E-state index contributed by atoms with van der Waals surface area (Å²) in [5.41, 5.74) is -0.0116. The summed E-state index contributed by atoms with van der Waals surface area (Å²) in [7, 11) is 0. The van der Waals surface area contributed by atoms with E-state index in [9.17, 15) is 0 Å². The minimum absolute atomic E-state index is 0.0152. The predicted octanol–water partition coefficient (Wildman–Crippen LogP) is 2.43. The van der Waals surface area contributed by atoms with Crippen molar-refractivity contribution in [3.63, 3.8) is 0 Å². The monoisotopic (exact) mass is 247 g/mol. The Balaban J connectivity index is 2.03. The van der Waals surface area contributed by atoms with Gasteiger partial charge in [-0.3, -0.25) is 4.68 Å². The quantitative estimate of drug-likeness (QED) is 0.815. The van der Waals surface area contributed by atoms with Gasteiger partial charge in [-0.2, -0.15) is 10.2 Å². The molecule has 0 amide bonds.